The van der Waals surface area contributed by atoms with Crippen molar-refractivity contribution >= 4 is 10.8 Å². The minimum Gasteiger partial charge on any atom is -0.388 e. The quantitative estimate of drug-likeness (QED) is 0.733. The lowest BCUT2D eigenvalue weighted by Crippen LogP contribution is -2.03. The van der Waals surface area contributed by atoms with Gasteiger partial charge in [0, 0.05) is 6.42 Å². The average molecular weight is 276 g/mol. The highest BCUT2D eigenvalue weighted by Crippen LogP contribution is 2.28. The molecule has 1 atom stereocenters. The summed E-state index contributed by atoms with van der Waals surface area (Å²) in [4.78, 5) is 0. The van der Waals surface area contributed by atoms with E-state index in [2.05, 4.69) is 62.4 Å². The Morgan fingerprint density at radius 2 is 1.48 bits per heavy atom. The molecule has 21 heavy (non-hydrogen) atoms. The SMILES string of the molecule is Cc1ccc(CC(O)c2ccc(C)c3ccccc23)cc1. The van der Waals surface area contributed by atoms with Crippen LogP contribution in [0.2, 0.25) is 0 Å². The van der Waals surface area contributed by atoms with Crippen LogP contribution < -0.4 is 0 Å². The number of benzene rings is 3. The highest BCUT2D eigenvalue weighted by atomic mass is 16.3. The van der Waals surface area contributed by atoms with Crippen molar-refractivity contribution in [3.8, 4) is 0 Å². The second-order valence-electron chi connectivity index (χ2n) is 5.72. The predicted molar refractivity (Wildman–Crippen MR) is 88.5 cm³/mol. The van der Waals surface area contributed by atoms with Crippen LogP contribution in [-0.2, 0) is 6.42 Å². The zero-order chi connectivity index (χ0) is 14.8. The molecule has 0 aliphatic carbocycles. The summed E-state index contributed by atoms with van der Waals surface area (Å²) in [7, 11) is 0. The van der Waals surface area contributed by atoms with E-state index < -0.39 is 6.10 Å². The van der Waals surface area contributed by atoms with E-state index in [1.807, 2.05) is 12.1 Å². The molecule has 0 fully saturated rings. The maximum atomic E-state index is 10.6. The first-order chi connectivity index (χ1) is 10.1. The van der Waals surface area contributed by atoms with Crippen LogP contribution in [0.1, 0.15) is 28.4 Å². The molecule has 1 nitrogen and oxygen atoms in total. The molecule has 3 aromatic rings. The molecule has 1 unspecified atom stereocenters. The van der Waals surface area contributed by atoms with Crippen molar-refractivity contribution in [2.75, 3.05) is 0 Å². The van der Waals surface area contributed by atoms with Crippen molar-refractivity contribution in [2.24, 2.45) is 0 Å². The van der Waals surface area contributed by atoms with Crippen molar-refractivity contribution in [3.05, 3.63) is 82.9 Å². The number of hydrogen-bond donors (Lipinski definition) is 1. The van der Waals surface area contributed by atoms with Crippen LogP contribution in [0.3, 0.4) is 0 Å². The van der Waals surface area contributed by atoms with Gasteiger partial charge in [-0.05, 0) is 41.3 Å². The maximum Gasteiger partial charge on any atom is 0.0836 e. The molecule has 106 valence electrons. The zero-order valence-electron chi connectivity index (χ0n) is 12.5. The third kappa shape index (κ3) is 2.84. The average Bonchev–Trinajstić information content (AvgIpc) is 2.50. The molecular weight excluding hydrogens is 256 g/mol. The van der Waals surface area contributed by atoms with E-state index in [0.717, 1.165) is 16.5 Å². The van der Waals surface area contributed by atoms with Crippen molar-refractivity contribution < 1.29 is 5.11 Å². The fourth-order valence-electron chi connectivity index (χ4n) is 2.82. The van der Waals surface area contributed by atoms with Gasteiger partial charge in [-0.15, -0.1) is 0 Å². The Morgan fingerprint density at radius 3 is 2.19 bits per heavy atom. The third-order valence-electron chi connectivity index (χ3n) is 4.08. The van der Waals surface area contributed by atoms with Gasteiger partial charge in [0.15, 0.2) is 0 Å². The summed E-state index contributed by atoms with van der Waals surface area (Å²) in [6.07, 6.45) is 0.172. The van der Waals surface area contributed by atoms with Crippen molar-refractivity contribution in [1.29, 1.82) is 0 Å². The molecule has 0 aromatic heterocycles. The van der Waals surface area contributed by atoms with Gasteiger partial charge in [0.1, 0.15) is 0 Å². The van der Waals surface area contributed by atoms with Crippen molar-refractivity contribution in [3.63, 3.8) is 0 Å². The molecule has 0 heterocycles. The van der Waals surface area contributed by atoms with Gasteiger partial charge >= 0.3 is 0 Å². The lowest BCUT2D eigenvalue weighted by molar-refractivity contribution is 0.180. The highest BCUT2D eigenvalue weighted by molar-refractivity contribution is 5.88. The van der Waals surface area contributed by atoms with Crippen molar-refractivity contribution in [1.82, 2.24) is 0 Å². The third-order valence-corrected chi connectivity index (χ3v) is 4.08. The van der Waals surface area contributed by atoms with Crippen LogP contribution in [-0.4, -0.2) is 5.11 Å². The van der Waals surface area contributed by atoms with E-state index in [1.54, 1.807) is 0 Å². The van der Waals surface area contributed by atoms with E-state index in [1.165, 1.54) is 16.5 Å². The van der Waals surface area contributed by atoms with Gasteiger partial charge in [-0.25, -0.2) is 0 Å². The standard InChI is InChI=1S/C20H20O/c1-14-7-10-16(11-8-14)13-20(21)19-12-9-15(2)17-5-3-4-6-18(17)19/h3-12,20-21H,13H2,1-2H3. The van der Waals surface area contributed by atoms with Gasteiger partial charge < -0.3 is 5.11 Å². The summed E-state index contributed by atoms with van der Waals surface area (Å²) in [6.45, 7) is 4.19. The first kappa shape index (κ1) is 13.8. The first-order valence-corrected chi connectivity index (χ1v) is 7.37. The molecule has 0 amide bonds. The van der Waals surface area contributed by atoms with Crippen LogP contribution in [0.25, 0.3) is 10.8 Å². The second-order valence-corrected chi connectivity index (χ2v) is 5.72. The molecule has 3 rings (SSSR count). The normalized spacial score (nSPS) is 12.5. The first-order valence-electron chi connectivity index (χ1n) is 7.37. The van der Waals surface area contributed by atoms with Gasteiger partial charge in [-0.3, -0.25) is 0 Å². The smallest absolute Gasteiger partial charge is 0.0836 e. The van der Waals surface area contributed by atoms with Crippen LogP contribution in [0.4, 0.5) is 0 Å². The monoisotopic (exact) mass is 276 g/mol. The Kier molecular flexibility index (Phi) is 3.76. The molecular formula is C20H20O. The van der Waals surface area contributed by atoms with Gasteiger partial charge in [0.25, 0.3) is 0 Å². The Balaban J connectivity index is 1.96. The Hall–Kier alpha value is -2.12. The van der Waals surface area contributed by atoms with E-state index in [0.29, 0.717) is 6.42 Å². The van der Waals surface area contributed by atoms with E-state index >= 15 is 0 Å². The summed E-state index contributed by atoms with van der Waals surface area (Å²) in [5.74, 6) is 0. The van der Waals surface area contributed by atoms with Crippen LogP contribution in [0.15, 0.2) is 60.7 Å². The molecule has 0 radical (unpaired) electrons. The molecule has 1 heteroatoms. The number of aryl methyl sites for hydroxylation is 2. The van der Waals surface area contributed by atoms with Crippen LogP contribution in [0.5, 0.6) is 0 Å². The molecule has 0 aliphatic rings. The van der Waals surface area contributed by atoms with Crippen LogP contribution in [0, 0.1) is 13.8 Å². The molecule has 0 aliphatic heterocycles. The predicted octanol–water partition coefficient (Wildman–Crippen LogP) is 4.73. The van der Waals surface area contributed by atoms with Gasteiger partial charge in [0.05, 0.1) is 6.10 Å². The van der Waals surface area contributed by atoms with Gasteiger partial charge in [0.2, 0.25) is 0 Å². The Morgan fingerprint density at radius 1 is 0.810 bits per heavy atom. The number of rotatable bonds is 3. The molecule has 0 saturated heterocycles. The lowest BCUT2D eigenvalue weighted by Gasteiger charge is -2.15. The fraction of sp³-hybridized carbons (Fsp3) is 0.200. The van der Waals surface area contributed by atoms with Gasteiger partial charge in [-0.2, -0.15) is 0 Å². The summed E-state index contributed by atoms with van der Waals surface area (Å²) in [6, 6.07) is 20.8. The van der Waals surface area contributed by atoms with Crippen molar-refractivity contribution in [2.45, 2.75) is 26.4 Å². The fourth-order valence-corrected chi connectivity index (χ4v) is 2.82. The topological polar surface area (TPSA) is 20.2 Å². The minimum atomic E-state index is -0.474. The highest BCUT2D eigenvalue weighted by Gasteiger charge is 2.12. The summed E-state index contributed by atoms with van der Waals surface area (Å²) >= 11 is 0. The number of hydrogen-bond acceptors (Lipinski definition) is 1. The summed E-state index contributed by atoms with van der Waals surface area (Å²) < 4.78 is 0. The van der Waals surface area contributed by atoms with E-state index in [9.17, 15) is 5.11 Å². The lowest BCUT2D eigenvalue weighted by atomic mass is 9.94. The Labute approximate surface area is 125 Å². The maximum absolute atomic E-state index is 10.6. The molecule has 0 saturated carbocycles. The second kappa shape index (κ2) is 5.71. The summed E-state index contributed by atoms with van der Waals surface area (Å²) in [5.41, 5.74) is 4.67. The summed E-state index contributed by atoms with van der Waals surface area (Å²) in [5, 5.41) is 13.0. The molecule has 0 bridgehead atoms. The number of fused-ring (bicyclic) bond motifs is 1. The Bertz CT molecular complexity index is 756. The molecule has 1 N–H and O–H groups in total. The van der Waals surface area contributed by atoms with E-state index in [4.69, 9.17) is 0 Å². The number of aliphatic hydroxyl groups is 1. The zero-order valence-corrected chi connectivity index (χ0v) is 12.5. The molecule has 0 spiro atoms. The number of aliphatic hydroxyl groups excluding tert-OH is 1. The minimum absolute atomic E-state index is 0.474. The largest absolute Gasteiger partial charge is 0.388 e. The van der Waals surface area contributed by atoms with Crippen LogP contribution >= 0.6 is 0 Å². The van der Waals surface area contributed by atoms with E-state index in [-0.39, 0.29) is 0 Å². The van der Waals surface area contributed by atoms with Gasteiger partial charge in [-0.1, -0.05) is 66.2 Å². The molecule has 3 aromatic carbocycles.